The highest BCUT2D eigenvalue weighted by atomic mass is 79.9. The van der Waals surface area contributed by atoms with E-state index in [0.29, 0.717) is 5.15 Å². The van der Waals surface area contributed by atoms with Gasteiger partial charge in [-0.25, -0.2) is 4.68 Å². The van der Waals surface area contributed by atoms with E-state index < -0.39 is 0 Å². The van der Waals surface area contributed by atoms with E-state index in [4.69, 9.17) is 11.6 Å². The lowest BCUT2D eigenvalue weighted by Gasteiger charge is -2.03. The van der Waals surface area contributed by atoms with Gasteiger partial charge in [-0.15, -0.1) is 0 Å². The maximum absolute atomic E-state index is 6.29. The highest BCUT2D eigenvalue weighted by molar-refractivity contribution is 9.10. The molecule has 0 bridgehead atoms. The van der Waals surface area contributed by atoms with Crippen molar-refractivity contribution in [3.63, 3.8) is 0 Å². The fraction of sp³-hybridized carbons (Fsp3) is 0.250. The van der Waals surface area contributed by atoms with Crippen LogP contribution in [0.5, 0.6) is 0 Å². The van der Waals surface area contributed by atoms with Gasteiger partial charge >= 0.3 is 0 Å². The van der Waals surface area contributed by atoms with Crippen LogP contribution in [-0.2, 0) is 6.42 Å². The second-order valence-corrected chi connectivity index (χ2v) is 4.87. The zero-order valence-electron chi connectivity index (χ0n) is 9.17. The molecule has 0 aliphatic heterocycles. The Morgan fingerprint density at radius 2 is 1.94 bits per heavy atom. The van der Waals surface area contributed by atoms with Gasteiger partial charge in [0.2, 0.25) is 0 Å². The van der Waals surface area contributed by atoms with Crippen LogP contribution in [-0.4, -0.2) is 9.78 Å². The van der Waals surface area contributed by atoms with Crippen molar-refractivity contribution in [2.75, 3.05) is 0 Å². The van der Waals surface area contributed by atoms with E-state index in [0.717, 1.165) is 27.8 Å². The monoisotopic (exact) mass is 298 g/mol. The van der Waals surface area contributed by atoms with E-state index in [2.05, 4.69) is 28.0 Å². The Morgan fingerprint density at radius 3 is 2.44 bits per heavy atom. The maximum Gasteiger partial charge on any atom is 0.136 e. The molecule has 16 heavy (non-hydrogen) atoms. The molecule has 0 fully saturated rings. The Morgan fingerprint density at radius 1 is 1.31 bits per heavy atom. The Kier molecular flexibility index (Phi) is 3.36. The fourth-order valence-corrected chi connectivity index (χ4v) is 2.36. The average molecular weight is 300 g/mol. The number of halogens is 2. The quantitative estimate of drug-likeness (QED) is 0.814. The molecule has 2 aromatic rings. The van der Waals surface area contributed by atoms with E-state index in [1.54, 1.807) is 4.68 Å². The van der Waals surface area contributed by atoms with Crippen molar-refractivity contribution < 1.29 is 0 Å². The van der Waals surface area contributed by atoms with Crippen LogP contribution in [0.15, 0.2) is 28.7 Å². The second-order valence-electron chi connectivity index (χ2n) is 3.60. The first-order chi connectivity index (χ1) is 7.63. The summed E-state index contributed by atoms with van der Waals surface area (Å²) in [7, 11) is 0. The minimum absolute atomic E-state index is 0.710. The van der Waals surface area contributed by atoms with E-state index in [-0.39, 0.29) is 0 Å². The first-order valence-corrected chi connectivity index (χ1v) is 6.30. The average Bonchev–Trinajstić information content (AvgIpc) is 2.55. The van der Waals surface area contributed by atoms with Crippen molar-refractivity contribution >= 4 is 27.5 Å². The predicted molar refractivity (Wildman–Crippen MR) is 70.4 cm³/mol. The van der Waals surface area contributed by atoms with Gasteiger partial charge in [0, 0.05) is 10.0 Å². The molecule has 0 aliphatic carbocycles. The first-order valence-electron chi connectivity index (χ1n) is 5.13. The van der Waals surface area contributed by atoms with Crippen LogP contribution in [0.1, 0.15) is 18.2 Å². The summed E-state index contributed by atoms with van der Waals surface area (Å²) in [6, 6.07) is 7.94. The molecule has 0 spiro atoms. The molecule has 2 nitrogen and oxygen atoms in total. The normalized spacial score (nSPS) is 10.8. The Bertz CT molecular complexity index is 502. The van der Waals surface area contributed by atoms with Crippen LogP contribution >= 0.6 is 27.5 Å². The molecule has 0 saturated carbocycles. The lowest BCUT2D eigenvalue weighted by molar-refractivity contribution is 0.863. The van der Waals surface area contributed by atoms with Crippen molar-refractivity contribution in [2.24, 2.45) is 0 Å². The number of rotatable bonds is 2. The van der Waals surface area contributed by atoms with Crippen molar-refractivity contribution in [1.82, 2.24) is 9.78 Å². The summed E-state index contributed by atoms with van der Waals surface area (Å²) in [6.45, 7) is 4.07. The molecule has 84 valence electrons. The topological polar surface area (TPSA) is 17.8 Å². The Balaban J connectivity index is 2.52. The van der Waals surface area contributed by atoms with Gasteiger partial charge in [-0.2, -0.15) is 5.10 Å². The Labute approximate surface area is 108 Å². The molecule has 0 N–H and O–H groups in total. The van der Waals surface area contributed by atoms with Crippen LogP contribution in [0.2, 0.25) is 5.15 Å². The molecule has 1 aromatic carbocycles. The van der Waals surface area contributed by atoms with Gasteiger partial charge in [0.25, 0.3) is 0 Å². The highest BCUT2D eigenvalue weighted by Crippen LogP contribution is 2.24. The number of hydrogen-bond donors (Lipinski definition) is 0. The van der Waals surface area contributed by atoms with Crippen LogP contribution in [0.3, 0.4) is 0 Å². The summed E-state index contributed by atoms with van der Waals surface area (Å²) < 4.78 is 2.83. The third-order valence-corrected chi connectivity index (χ3v) is 3.46. The van der Waals surface area contributed by atoms with Gasteiger partial charge in [-0.1, -0.05) is 34.5 Å². The number of nitrogens with zero attached hydrogens (tertiary/aromatic N) is 2. The predicted octanol–water partition coefficient (Wildman–Crippen LogP) is 4.16. The SMILES string of the molecule is CCc1c(C)nn(-c2ccc(Br)cc2)c1Cl. The zero-order valence-corrected chi connectivity index (χ0v) is 11.5. The van der Waals surface area contributed by atoms with Crippen molar-refractivity contribution in [1.29, 1.82) is 0 Å². The smallest absolute Gasteiger partial charge is 0.136 e. The van der Waals surface area contributed by atoms with E-state index >= 15 is 0 Å². The lowest BCUT2D eigenvalue weighted by atomic mass is 10.2. The number of aromatic nitrogens is 2. The molecule has 1 aromatic heterocycles. The van der Waals surface area contributed by atoms with E-state index in [1.165, 1.54) is 0 Å². The number of hydrogen-bond acceptors (Lipinski definition) is 1. The summed E-state index contributed by atoms with van der Waals surface area (Å²) in [5, 5.41) is 5.16. The molecule has 0 unspecified atom stereocenters. The largest absolute Gasteiger partial charge is 0.222 e. The van der Waals surface area contributed by atoms with Gasteiger partial charge in [-0.3, -0.25) is 0 Å². The minimum Gasteiger partial charge on any atom is -0.222 e. The number of aryl methyl sites for hydroxylation is 1. The van der Waals surface area contributed by atoms with Crippen molar-refractivity contribution in [3.05, 3.63) is 45.1 Å². The van der Waals surface area contributed by atoms with Crippen LogP contribution < -0.4 is 0 Å². The Hall–Kier alpha value is -0.800. The second kappa shape index (κ2) is 4.60. The van der Waals surface area contributed by atoms with Crippen molar-refractivity contribution in [2.45, 2.75) is 20.3 Å². The summed E-state index contributed by atoms with van der Waals surface area (Å²) in [5.41, 5.74) is 3.09. The molecular weight excluding hydrogens is 288 g/mol. The fourth-order valence-electron chi connectivity index (χ4n) is 1.69. The van der Waals surface area contributed by atoms with Crippen LogP contribution in [0.25, 0.3) is 5.69 Å². The lowest BCUT2D eigenvalue weighted by Crippen LogP contribution is -1.96. The summed E-state index contributed by atoms with van der Waals surface area (Å²) in [5.74, 6) is 0. The third kappa shape index (κ3) is 2.02. The van der Waals surface area contributed by atoms with Gasteiger partial charge in [-0.05, 0) is 37.6 Å². The minimum atomic E-state index is 0.710. The van der Waals surface area contributed by atoms with Gasteiger partial charge < -0.3 is 0 Å². The first kappa shape index (κ1) is 11.7. The standard InChI is InChI=1S/C12H12BrClN2/c1-3-11-8(2)15-16(12(11)14)10-6-4-9(13)5-7-10/h4-7H,3H2,1-2H3. The summed E-state index contributed by atoms with van der Waals surface area (Å²) >= 11 is 9.70. The van der Waals surface area contributed by atoms with Gasteiger partial charge in [0.15, 0.2) is 0 Å². The van der Waals surface area contributed by atoms with Crippen LogP contribution in [0.4, 0.5) is 0 Å². The van der Waals surface area contributed by atoms with Gasteiger partial charge in [0.1, 0.15) is 5.15 Å². The van der Waals surface area contributed by atoms with E-state index in [1.807, 2.05) is 31.2 Å². The maximum atomic E-state index is 6.29. The molecule has 0 saturated heterocycles. The molecular formula is C12H12BrClN2. The molecule has 0 atom stereocenters. The van der Waals surface area contributed by atoms with Crippen molar-refractivity contribution in [3.8, 4) is 5.69 Å². The molecule has 4 heteroatoms. The zero-order chi connectivity index (χ0) is 11.7. The summed E-state index contributed by atoms with van der Waals surface area (Å²) in [4.78, 5) is 0. The molecule has 2 rings (SSSR count). The molecule has 1 heterocycles. The van der Waals surface area contributed by atoms with Gasteiger partial charge in [0.05, 0.1) is 11.4 Å². The number of benzene rings is 1. The van der Waals surface area contributed by atoms with E-state index in [9.17, 15) is 0 Å². The summed E-state index contributed by atoms with van der Waals surface area (Å²) in [6.07, 6.45) is 0.904. The molecule has 0 radical (unpaired) electrons. The molecule has 0 amide bonds. The highest BCUT2D eigenvalue weighted by Gasteiger charge is 2.12. The third-order valence-electron chi connectivity index (χ3n) is 2.55. The molecule has 0 aliphatic rings. The van der Waals surface area contributed by atoms with Crippen LogP contribution in [0, 0.1) is 6.92 Å².